The second-order valence-corrected chi connectivity index (χ2v) is 9.99. The minimum absolute atomic E-state index is 0.0715. The van der Waals surface area contributed by atoms with Crippen LogP contribution in [-0.2, 0) is 19.1 Å². The number of aliphatic imine (C=N–C) groups is 1. The van der Waals surface area contributed by atoms with E-state index in [4.69, 9.17) is 14.5 Å². The van der Waals surface area contributed by atoms with Crippen molar-refractivity contribution >= 4 is 17.7 Å². The Morgan fingerprint density at radius 2 is 1.36 bits per heavy atom. The van der Waals surface area contributed by atoms with E-state index in [1.807, 2.05) is 108 Å². The van der Waals surface area contributed by atoms with Gasteiger partial charge in [-0.05, 0) is 26.2 Å². The summed E-state index contributed by atoms with van der Waals surface area (Å²) in [4.78, 5) is 30.7. The van der Waals surface area contributed by atoms with Crippen LogP contribution in [0, 0.1) is 5.41 Å². The molecule has 2 aromatic carbocycles. The van der Waals surface area contributed by atoms with E-state index in [1.165, 1.54) is 7.11 Å². The molecule has 5 heteroatoms. The zero-order valence-electron chi connectivity index (χ0n) is 20.7. The Labute approximate surface area is 197 Å². The van der Waals surface area contributed by atoms with Gasteiger partial charge in [-0.1, -0.05) is 87.5 Å². The zero-order valence-corrected chi connectivity index (χ0v) is 20.7. The van der Waals surface area contributed by atoms with E-state index < -0.39 is 23.6 Å². The van der Waals surface area contributed by atoms with Crippen molar-refractivity contribution in [3.05, 3.63) is 83.4 Å². The molecule has 0 radical (unpaired) electrons. The van der Waals surface area contributed by atoms with Gasteiger partial charge in [0.2, 0.25) is 0 Å². The van der Waals surface area contributed by atoms with Crippen LogP contribution in [0.3, 0.4) is 0 Å². The molecule has 0 aromatic heterocycles. The Bertz CT molecular complexity index is 952. The number of allylic oxidation sites excluding steroid dienone is 1. The molecule has 1 atom stereocenters. The number of hydrogen-bond donors (Lipinski definition) is 0. The van der Waals surface area contributed by atoms with Crippen molar-refractivity contribution in [1.29, 1.82) is 0 Å². The molecule has 0 aliphatic rings. The van der Waals surface area contributed by atoms with E-state index in [1.54, 1.807) is 0 Å². The highest BCUT2D eigenvalue weighted by Gasteiger charge is 2.29. The first-order valence-corrected chi connectivity index (χ1v) is 11.1. The molecular weight excluding hydrogens is 414 g/mol. The third kappa shape index (κ3) is 8.68. The van der Waals surface area contributed by atoms with Gasteiger partial charge in [-0.2, -0.15) is 0 Å². The van der Waals surface area contributed by atoms with E-state index in [2.05, 4.69) is 0 Å². The molecule has 0 aliphatic heterocycles. The Balaban J connectivity index is 2.64. The van der Waals surface area contributed by atoms with Crippen LogP contribution < -0.4 is 0 Å². The van der Waals surface area contributed by atoms with E-state index in [9.17, 15) is 9.59 Å². The second kappa shape index (κ2) is 11.1. The average Bonchev–Trinajstić information content (AvgIpc) is 2.74. The van der Waals surface area contributed by atoms with Crippen molar-refractivity contribution in [3.63, 3.8) is 0 Å². The molecule has 0 N–H and O–H groups in total. The Morgan fingerprint density at radius 1 is 0.879 bits per heavy atom. The summed E-state index contributed by atoms with van der Waals surface area (Å²) in [6.45, 7) is 11.4. The lowest BCUT2D eigenvalue weighted by molar-refractivity contribution is -0.156. The molecule has 0 amide bonds. The predicted molar refractivity (Wildman–Crippen MR) is 132 cm³/mol. The molecule has 0 aliphatic carbocycles. The molecule has 0 heterocycles. The molecule has 176 valence electrons. The number of methoxy groups -OCH3 is 1. The number of carbonyl (C=O) groups excluding carboxylic acids is 2. The fraction of sp³-hybridized carbons (Fsp3) is 0.393. The predicted octanol–water partition coefficient (Wildman–Crippen LogP) is 5.77. The lowest BCUT2D eigenvalue weighted by Crippen LogP contribution is -2.33. The lowest BCUT2D eigenvalue weighted by Gasteiger charge is -2.24. The smallest absolute Gasteiger partial charge is 0.333 e. The summed E-state index contributed by atoms with van der Waals surface area (Å²) >= 11 is 0. The van der Waals surface area contributed by atoms with Crippen LogP contribution in [0.15, 0.2) is 77.3 Å². The molecule has 2 aromatic rings. The van der Waals surface area contributed by atoms with Gasteiger partial charge in [0, 0.05) is 23.1 Å². The normalized spacial score (nSPS) is 13.1. The van der Waals surface area contributed by atoms with Gasteiger partial charge in [0.1, 0.15) is 5.60 Å². The minimum atomic E-state index is -0.924. The van der Waals surface area contributed by atoms with Crippen LogP contribution in [0.5, 0.6) is 0 Å². The van der Waals surface area contributed by atoms with Gasteiger partial charge < -0.3 is 9.47 Å². The number of rotatable bonds is 7. The summed E-state index contributed by atoms with van der Waals surface area (Å²) in [5, 5.41) is 0. The summed E-state index contributed by atoms with van der Waals surface area (Å²) in [5.74, 6) is -0.967. The Kier molecular flexibility index (Phi) is 8.75. The standard InChI is InChI=1S/C28H35NO4/c1-27(2,3)19-22(25(30)32-7)18-23(26(31)33-28(4,5)6)29-24(20-14-10-8-11-15-20)21-16-12-9-13-17-21/h8-17,19,23H,18H2,1-7H3/b22-19-/t23-/m0/s1. The third-order valence-corrected chi connectivity index (χ3v) is 4.53. The van der Waals surface area contributed by atoms with Gasteiger partial charge in [0.15, 0.2) is 6.04 Å². The van der Waals surface area contributed by atoms with Crippen LogP contribution in [0.2, 0.25) is 0 Å². The van der Waals surface area contributed by atoms with E-state index >= 15 is 0 Å². The lowest BCUT2D eigenvalue weighted by atomic mass is 9.91. The van der Waals surface area contributed by atoms with Gasteiger partial charge in [0.25, 0.3) is 0 Å². The van der Waals surface area contributed by atoms with Crippen LogP contribution in [-0.4, -0.2) is 36.4 Å². The number of hydrogen-bond acceptors (Lipinski definition) is 5. The largest absolute Gasteiger partial charge is 0.466 e. The molecule has 5 nitrogen and oxygen atoms in total. The summed E-state index contributed by atoms with van der Waals surface area (Å²) in [7, 11) is 1.34. The molecule has 0 fully saturated rings. The van der Waals surface area contributed by atoms with Gasteiger partial charge in [-0.15, -0.1) is 0 Å². The van der Waals surface area contributed by atoms with E-state index in [0.717, 1.165) is 11.1 Å². The molecule has 33 heavy (non-hydrogen) atoms. The summed E-state index contributed by atoms with van der Waals surface area (Å²) in [6, 6.07) is 18.4. The SMILES string of the molecule is COC(=O)/C(=C\C(C)(C)C)C[C@H](N=C(c1ccccc1)c1ccccc1)C(=O)OC(C)(C)C. The maximum Gasteiger partial charge on any atom is 0.333 e. The van der Waals surface area contributed by atoms with Gasteiger partial charge >= 0.3 is 11.9 Å². The van der Waals surface area contributed by atoms with Crippen LogP contribution in [0.4, 0.5) is 0 Å². The van der Waals surface area contributed by atoms with Crippen molar-refractivity contribution in [1.82, 2.24) is 0 Å². The summed E-state index contributed by atoms with van der Waals surface area (Å²) in [5.41, 5.74) is 1.82. The number of carbonyl (C=O) groups is 2. The molecule has 0 bridgehead atoms. The fourth-order valence-corrected chi connectivity index (χ4v) is 3.28. The van der Waals surface area contributed by atoms with Gasteiger partial charge in [-0.25, -0.2) is 9.59 Å². The highest BCUT2D eigenvalue weighted by molar-refractivity contribution is 6.13. The quantitative estimate of drug-likeness (QED) is 0.306. The Morgan fingerprint density at radius 3 is 1.76 bits per heavy atom. The third-order valence-electron chi connectivity index (χ3n) is 4.53. The highest BCUT2D eigenvalue weighted by Crippen LogP contribution is 2.24. The average molecular weight is 450 g/mol. The molecule has 0 unspecified atom stereocenters. The number of esters is 2. The molecule has 0 spiro atoms. The number of benzene rings is 2. The van der Waals surface area contributed by atoms with Gasteiger partial charge in [-0.3, -0.25) is 4.99 Å². The first-order chi connectivity index (χ1) is 15.4. The van der Waals surface area contributed by atoms with Crippen LogP contribution in [0.25, 0.3) is 0 Å². The molecule has 0 saturated heterocycles. The summed E-state index contributed by atoms with van der Waals surface area (Å²) < 4.78 is 10.7. The summed E-state index contributed by atoms with van der Waals surface area (Å²) in [6.07, 6.45) is 1.90. The topological polar surface area (TPSA) is 65.0 Å². The maximum absolute atomic E-state index is 13.3. The number of nitrogens with zero attached hydrogens (tertiary/aromatic N) is 1. The molecule has 0 saturated carbocycles. The highest BCUT2D eigenvalue weighted by atomic mass is 16.6. The maximum atomic E-state index is 13.3. The monoisotopic (exact) mass is 449 g/mol. The Hall–Kier alpha value is -3.21. The van der Waals surface area contributed by atoms with Crippen LogP contribution >= 0.6 is 0 Å². The van der Waals surface area contributed by atoms with Crippen molar-refractivity contribution in [2.75, 3.05) is 7.11 Å². The molecule has 2 rings (SSSR count). The minimum Gasteiger partial charge on any atom is -0.466 e. The van der Waals surface area contributed by atoms with Crippen molar-refractivity contribution in [2.45, 2.75) is 59.6 Å². The fourth-order valence-electron chi connectivity index (χ4n) is 3.28. The number of ether oxygens (including phenoxy) is 2. The first-order valence-electron chi connectivity index (χ1n) is 11.1. The van der Waals surface area contributed by atoms with E-state index in [-0.39, 0.29) is 11.8 Å². The van der Waals surface area contributed by atoms with Crippen LogP contribution in [0.1, 0.15) is 59.1 Å². The van der Waals surface area contributed by atoms with Crippen molar-refractivity contribution < 1.29 is 19.1 Å². The van der Waals surface area contributed by atoms with Crippen molar-refractivity contribution in [2.24, 2.45) is 10.4 Å². The van der Waals surface area contributed by atoms with Gasteiger partial charge in [0.05, 0.1) is 12.8 Å². The van der Waals surface area contributed by atoms with Crippen molar-refractivity contribution in [3.8, 4) is 0 Å². The first kappa shape index (κ1) is 26.0. The van der Waals surface area contributed by atoms with E-state index in [0.29, 0.717) is 11.3 Å². The molecular formula is C28H35NO4. The zero-order chi connectivity index (χ0) is 24.6. The second-order valence-electron chi connectivity index (χ2n) is 9.99.